The molecule has 0 aliphatic heterocycles. The standard InChI is InChI=1S/C16H22BrNO4S/c1-11(12-7-8-15(22-2)14(17)9-12)18-16(19)10-23(20,21)13-5-3-4-6-13/h7-9,11,13H,3-6,10H2,1-2H3,(H,18,19)/t11-/m0/s1. The maximum absolute atomic E-state index is 12.2. The van der Waals surface area contributed by atoms with Gasteiger partial charge in [0.05, 0.1) is 22.9 Å². The summed E-state index contributed by atoms with van der Waals surface area (Å²) in [5.41, 5.74) is 0.879. The maximum Gasteiger partial charge on any atom is 0.235 e. The van der Waals surface area contributed by atoms with Gasteiger partial charge in [0.2, 0.25) is 5.91 Å². The molecule has 0 radical (unpaired) electrons. The number of rotatable bonds is 6. The molecule has 1 amide bonds. The number of hydrogen-bond donors (Lipinski definition) is 1. The number of methoxy groups -OCH3 is 1. The number of hydrogen-bond acceptors (Lipinski definition) is 4. The van der Waals surface area contributed by atoms with Crippen molar-refractivity contribution in [3.8, 4) is 5.75 Å². The van der Waals surface area contributed by atoms with Crippen molar-refractivity contribution >= 4 is 31.7 Å². The molecular formula is C16H22BrNO4S. The number of halogens is 1. The van der Waals surface area contributed by atoms with Gasteiger partial charge in [-0.1, -0.05) is 18.9 Å². The Balaban J connectivity index is 1.98. The molecule has 1 saturated carbocycles. The zero-order valence-corrected chi connectivity index (χ0v) is 15.7. The lowest BCUT2D eigenvalue weighted by atomic mass is 10.1. The van der Waals surface area contributed by atoms with Crippen molar-refractivity contribution in [2.24, 2.45) is 0 Å². The van der Waals surface area contributed by atoms with E-state index in [1.165, 1.54) is 0 Å². The van der Waals surface area contributed by atoms with Crippen LogP contribution in [0, 0.1) is 0 Å². The van der Waals surface area contributed by atoms with Crippen LogP contribution in [0.4, 0.5) is 0 Å². The van der Waals surface area contributed by atoms with E-state index in [1.54, 1.807) is 13.2 Å². The molecule has 0 heterocycles. The molecule has 1 fully saturated rings. The molecule has 128 valence electrons. The van der Waals surface area contributed by atoms with Gasteiger partial charge in [-0.25, -0.2) is 8.42 Å². The fourth-order valence-electron chi connectivity index (χ4n) is 2.87. The monoisotopic (exact) mass is 403 g/mol. The van der Waals surface area contributed by atoms with Crippen LogP contribution in [0.5, 0.6) is 5.75 Å². The van der Waals surface area contributed by atoms with Crippen LogP contribution in [0.15, 0.2) is 22.7 Å². The third-order valence-electron chi connectivity index (χ3n) is 4.20. The van der Waals surface area contributed by atoms with Crippen LogP contribution in [0.2, 0.25) is 0 Å². The summed E-state index contributed by atoms with van der Waals surface area (Å²) in [6.45, 7) is 1.83. The molecule has 5 nitrogen and oxygen atoms in total. The second kappa shape index (κ2) is 7.66. The van der Waals surface area contributed by atoms with E-state index in [4.69, 9.17) is 4.74 Å². The Kier molecular flexibility index (Phi) is 6.08. The van der Waals surface area contributed by atoms with E-state index in [0.717, 1.165) is 22.9 Å². The summed E-state index contributed by atoms with van der Waals surface area (Å²) in [5, 5.41) is 2.41. The first-order valence-electron chi connectivity index (χ1n) is 7.68. The number of sulfone groups is 1. The predicted molar refractivity (Wildman–Crippen MR) is 93.3 cm³/mol. The Hall–Kier alpha value is -1.08. The van der Waals surface area contributed by atoms with Gasteiger partial charge in [0.25, 0.3) is 0 Å². The van der Waals surface area contributed by atoms with Crippen molar-refractivity contribution in [2.75, 3.05) is 12.9 Å². The summed E-state index contributed by atoms with van der Waals surface area (Å²) in [4.78, 5) is 12.1. The normalized spacial score (nSPS) is 17.0. The first-order chi connectivity index (χ1) is 10.8. The highest BCUT2D eigenvalue weighted by atomic mass is 79.9. The molecule has 1 N–H and O–H groups in total. The van der Waals surface area contributed by atoms with E-state index < -0.39 is 21.5 Å². The average Bonchev–Trinajstić information content (AvgIpc) is 3.01. The van der Waals surface area contributed by atoms with Crippen LogP contribution in [0.3, 0.4) is 0 Å². The van der Waals surface area contributed by atoms with Gasteiger partial charge < -0.3 is 10.1 Å². The molecular weight excluding hydrogens is 382 g/mol. The van der Waals surface area contributed by atoms with Crippen LogP contribution >= 0.6 is 15.9 Å². The summed E-state index contributed by atoms with van der Waals surface area (Å²) < 4.78 is 30.4. The highest BCUT2D eigenvalue weighted by Gasteiger charge is 2.30. The fourth-order valence-corrected chi connectivity index (χ4v) is 5.16. The molecule has 1 aromatic rings. The summed E-state index contributed by atoms with van der Waals surface area (Å²) in [5.74, 6) is -0.174. The number of amides is 1. The Bertz CT molecular complexity index is 669. The zero-order valence-electron chi connectivity index (χ0n) is 13.3. The van der Waals surface area contributed by atoms with Gasteiger partial charge >= 0.3 is 0 Å². The molecule has 0 unspecified atom stereocenters. The first-order valence-corrected chi connectivity index (χ1v) is 10.2. The quantitative estimate of drug-likeness (QED) is 0.791. The number of ether oxygens (including phenoxy) is 1. The SMILES string of the molecule is COc1ccc([C@H](C)NC(=O)CS(=O)(=O)C2CCCC2)cc1Br. The van der Waals surface area contributed by atoms with Crippen LogP contribution in [0.1, 0.15) is 44.2 Å². The summed E-state index contributed by atoms with van der Waals surface area (Å²) >= 11 is 3.40. The molecule has 1 aliphatic rings. The van der Waals surface area contributed by atoms with E-state index in [2.05, 4.69) is 21.2 Å². The molecule has 0 saturated heterocycles. The van der Waals surface area contributed by atoms with Crippen LogP contribution in [-0.4, -0.2) is 32.4 Å². The fraction of sp³-hybridized carbons (Fsp3) is 0.562. The summed E-state index contributed by atoms with van der Waals surface area (Å²) in [7, 11) is -1.76. The molecule has 1 aliphatic carbocycles. The lowest BCUT2D eigenvalue weighted by molar-refractivity contribution is -0.119. The van der Waals surface area contributed by atoms with Crippen molar-refractivity contribution in [3.63, 3.8) is 0 Å². The number of carbonyl (C=O) groups is 1. The molecule has 1 aromatic carbocycles. The average molecular weight is 404 g/mol. The van der Waals surface area contributed by atoms with Crippen LogP contribution in [-0.2, 0) is 14.6 Å². The number of nitrogens with one attached hydrogen (secondary N) is 1. The second-order valence-corrected chi connectivity index (χ2v) is 9.03. The second-order valence-electron chi connectivity index (χ2n) is 5.90. The van der Waals surface area contributed by atoms with E-state index in [9.17, 15) is 13.2 Å². The Morgan fingerprint density at radius 3 is 2.61 bits per heavy atom. The minimum Gasteiger partial charge on any atom is -0.496 e. The van der Waals surface area contributed by atoms with Crippen LogP contribution < -0.4 is 10.1 Å². The van der Waals surface area contributed by atoms with Gasteiger partial charge in [-0.15, -0.1) is 0 Å². The molecule has 2 rings (SSSR count). The first kappa shape index (κ1) is 18.3. The van der Waals surface area contributed by atoms with E-state index in [-0.39, 0.29) is 11.3 Å². The van der Waals surface area contributed by atoms with Crippen molar-refractivity contribution < 1.29 is 17.9 Å². The zero-order chi connectivity index (χ0) is 17.0. The van der Waals surface area contributed by atoms with Gasteiger partial charge in [-0.2, -0.15) is 0 Å². The largest absolute Gasteiger partial charge is 0.496 e. The van der Waals surface area contributed by atoms with Crippen LogP contribution in [0.25, 0.3) is 0 Å². The summed E-state index contributed by atoms with van der Waals surface area (Å²) in [6, 6.07) is 5.23. The van der Waals surface area contributed by atoms with Gasteiger partial charge in [0.15, 0.2) is 9.84 Å². The smallest absolute Gasteiger partial charge is 0.235 e. The lowest BCUT2D eigenvalue weighted by Crippen LogP contribution is -2.35. The highest BCUT2D eigenvalue weighted by molar-refractivity contribution is 9.10. The maximum atomic E-state index is 12.2. The van der Waals surface area contributed by atoms with Crippen molar-refractivity contribution in [1.82, 2.24) is 5.32 Å². The van der Waals surface area contributed by atoms with Gasteiger partial charge in [0, 0.05) is 0 Å². The Labute approximate surface area is 145 Å². The minimum atomic E-state index is -3.35. The minimum absolute atomic E-state index is 0.275. The molecule has 7 heteroatoms. The van der Waals surface area contributed by atoms with Gasteiger partial charge in [-0.05, 0) is 53.4 Å². The number of benzene rings is 1. The number of carbonyl (C=O) groups excluding carboxylic acids is 1. The summed E-state index contributed by atoms with van der Waals surface area (Å²) in [6.07, 6.45) is 3.22. The molecule has 1 atom stereocenters. The molecule has 0 spiro atoms. The molecule has 0 aromatic heterocycles. The predicted octanol–water partition coefficient (Wildman–Crippen LogP) is 2.99. The Morgan fingerprint density at radius 1 is 1.39 bits per heavy atom. The van der Waals surface area contributed by atoms with Crippen molar-refractivity contribution in [3.05, 3.63) is 28.2 Å². The van der Waals surface area contributed by atoms with Gasteiger partial charge in [-0.3, -0.25) is 4.79 Å². The Morgan fingerprint density at radius 2 is 2.04 bits per heavy atom. The van der Waals surface area contributed by atoms with E-state index in [1.807, 2.05) is 19.1 Å². The topological polar surface area (TPSA) is 72.5 Å². The lowest BCUT2D eigenvalue weighted by Gasteiger charge is -2.17. The van der Waals surface area contributed by atoms with E-state index >= 15 is 0 Å². The molecule has 23 heavy (non-hydrogen) atoms. The third-order valence-corrected chi connectivity index (χ3v) is 6.97. The highest BCUT2D eigenvalue weighted by Crippen LogP contribution is 2.28. The van der Waals surface area contributed by atoms with Crippen molar-refractivity contribution in [2.45, 2.75) is 43.9 Å². The third kappa shape index (κ3) is 4.70. The van der Waals surface area contributed by atoms with Crippen molar-refractivity contribution in [1.29, 1.82) is 0 Å². The van der Waals surface area contributed by atoms with E-state index in [0.29, 0.717) is 18.6 Å². The van der Waals surface area contributed by atoms with Gasteiger partial charge in [0.1, 0.15) is 11.5 Å². The molecule has 0 bridgehead atoms.